The number of aromatic nitrogens is 1. The fraction of sp³-hybridized carbons (Fsp3) is 0.143. The molecule has 1 unspecified atom stereocenters. The summed E-state index contributed by atoms with van der Waals surface area (Å²) >= 11 is 0. The quantitative estimate of drug-likeness (QED) is 0.104. The summed E-state index contributed by atoms with van der Waals surface area (Å²) in [6.07, 6.45) is 4.13. The van der Waals surface area contributed by atoms with Gasteiger partial charge in [-0.15, -0.1) is 0 Å². The second kappa shape index (κ2) is 16.2. The molecule has 0 radical (unpaired) electrons. The van der Waals surface area contributed by atoms with E-state index in [-0.39, 0.29) is 0 Å². The van der Waals surface area contributed by atoms with Crippen molar-refractivity contribution in [1.29, 1.82) is 0 Å². The van der Waals surface area contributed by atoms with Crippen LogP contribution in [0.25, 0.3) is 65.9 Å². The molecule has 1 atom stereocenters. The number of hydrogen-bond acceptors (Lipinski definition) is 1. The molecule has 9 aromatic rings. The molecule has 0 saturated carbocycles. The van der Waals surface area contributed by atoms with Gasteiger partial charge in [0.1, 0.15) is 0 Å². The van der Waals surface area contributed by atoms with E-state index in [4.69, 9.17) is 9.98 Å². The number of allylic oxidation sites excluding steroid dienone is 1. The molecule has 0 aliphatic carbocycles. The molecule has 0 aliphatic heterocycles. The lowest BCUT2D eigenvalue weighted by Gasteiger charge is -2.20. The maximum atomic E-state index is 5.35. The van der Waals surface area contributed by atoms with Crippen LogP contribution >= 0.6 is 0 Å². The first-order valence-corrected chi connectivity index (χ1v) is 21.0. The SMILES string of the molecule is CC/C=C(/N=C(N=C(C)c1cc(-n2c3ccccc3c3cc(-c4c(C(C)CC)ccc5ccccc45)c(C)cc32)c2ccccc2c1)c1ccccc1)c1ccccc1. The normalized spacial score (nSPS) is 13.2. The third-order valence-electron chi connectivity index (χ3n) is 11.9. The molecule has 0 amide bonds. The Labute approximate surface area is 347 Å². The van der Waals surface area contributed by atoms with Crippen LogP contribution in [0.3, 0.4) is 0 Å². The molecule has 9 rings (SSSR count). The Morgan fingerprint density at radius 2 is 1.22 bits per heavy atom. The number of aryl methyl sites for hydroxylation is 1. The molecular formula is C56H49N3. The van der Waals surface area contributed by atoms with Crippen molar-refractivity contribution in [3.63, 3.8) is 0 Å². The average Bonchev–Trinajstić information content (AvgIpc) is 3.60. The van der Waals surface area contributed by atoms with Crippen LogP contribution in [0.4, 0.5) is 0 Å². The topological polar surface area (TPSA) is 29.6 Å². The lowest BCUT2D eigenvalue weighted by molar-refractivity contribution is 0.736. The summed E-state index contributed by atoms with van der Waals surface area (Å²) in [4.78, 5) is 10.6. The van der Waals surface area contributed by atoms with Gasteiger partial charge in [0, 0.05) is 27.4 Å². The van der Waals surface area contributed by atoms with E-state index < -0.39 is 0 Å². The minimum absolute atomic E-state index is 0.435. The molecular weight excluding hydrogens is 715 g/mol. The number of aliphatic imine (C=N–C) groups is 2. The van der Waals surface area contributed by atoms with Gasteiger partial charge in [0.25, 0.3) is 0 Å². The van der Waals surface area contributed by atoms with Crippen LogP contribution in [0.1, 0.15) is 74.3 Å². The summed E-state index contributed by atoms with van der Waals surface area (Å²) in [6.45, 7) is 11.2. The summed E-state index contributed by atoms with van der Waals surface area (Å²) in [6, 6.07) is 61.3. The third-order valence-corrected chi connectivity index (χ3v) is 11.9. The highest BCUT2D eigenvalue weighted by Crippen LogP contribution is 2.43. The maximum Gasteiger partial charge on any atom is 0.160 e. The summed E-state index contributed by atoms with van der Waals surface area (Å²) in [5.74, 6) is 1.12. The number of nitrogens with zero attached hydrogens (tertiary/aromatic N) is 3. The van der Waals surface area contributed by atoms with Crippen LogP contribution in [0, 0.1) is 6.92 Å². The summed E-state index contributed by atoms with van der Waals surface area (Å²) in [5, 5.41) is 7.43. The van der Waals surface area contributed by atoms with E-state index in [0.29, 0.717) is 11.8 Å². The fourth-order valence-electron chi connectivity index (χ4n) is 8.66. The number of benzene rings is 8. The Bertz CT molecular complexity index is 3090. The van der Waals surface area contributed by atoms with Gasteiger partial charge < -0.3 is 4.57 Å². The summed E-state index contributed by atoms with van der Waals surface area (Å²) in [5.41, 5.74) is 13.7. The molecule has 0 fully saturated rings. The molecule has 0 saturated heterocycles. The molecule has 0 spiro atoms. The number of fused-ring (bicyclic) bond motifs is 5. The second-order valence-corrected chi connectivity index (χ2v) is 15.7. The Morgan fingerprint density at radius 3 is 1.95 bits per heavy atom. The lowest BCUT2D eigenvalue weighted by Crippen LogP contribution is -2.06. The van der Waals surface area contributed by atoms with Gasteiger partial charge in [-0.25, -0.2) is 9.98 Å². The van der Waals surface area contributed by atoms with Crippen LogP contribution in [-0.4, -0.2) is 16.1 Å². The fourth-order valence-corrected chi connectivity index (χ4v) is 8.66. The zero-order valence-corrected chi connectivity index (χ0v) is 34.6. The molecule has 3 nitrogen and oxygen atoms in total. The lowest BCUT2D eigenvalue weighted by atomic mass is 9.84. The smallest absolute Gasteiger partial charge is 0.160 e. The van der Waals surface area contributed by atoms with Crippen molar-refractivity contribution < 1.29 is 0 Å². The molecule has 8 aromatic carbocycles. The van der Waals surface area contributed by atoms with Crippen molar-refractivity contribution in [3.8, 4) is 16.8 Å². The third kappa shape index (κ3) is 7.08. The van der Waals surface area contributed by atoms with Gasteiger partial charge in [0.2, 0.25) is 0 Å². The van der Waals surface area contributed by atoms with Gasteiger partial charge in [-0.05, 0) is 112 Å². The van der Waals surface area contributed by atoms with Crippen molar-refractivity contribution in [1.82, 2.24) is 4.57 Å². The Morgan fingerprint density at radius 1 is 0.576 bits per heavy atom. The Kier molecular flexibility index (Phi) is 10.4. The van der Waals surface area contributed by atoms with Gasteiger partial charge in [0.15, 0.2) is 5.84 Å². The largest absolute Gasteiger partial charge is 0.309 e. The highest BCUT2D eigenvalue weighted by atomic mass is 15.0. The van der Waals surface area contributed by atoms with Gasteiger partial charge in [-0.1, -0.05) is 166 Å². The van der Waals surface area contributed by atoms with Crippen LogP contribution < -0.4 is 0 Å². The highest BCUT2D eigenvalue weighted by Gasteiger charge is 2.21. The van der Waals surface area contributed by atoms with E-state index in [9.17, 15) is 0 Å². The second-order valence-electron chi connectivity index (χ2n) is 15.7. The molecule has 0 bridgehead atoms. The van der Waals surface area contributed by atoms with Crippen LogP contribution in [0.5, 0.6) is 0 Å². The zero-order chi connectivity index (χ0) is 40.5. The van der Waals surface area contributed by atoms with Crippen molar-refractivity contribution in [3.05, 3.63) is 204 Å². The maximum absolute atomic E-state index is 5.35. The van der Waals surface area contributed by atoms with Gasteiger partial charge in [-0.3, -0.25) is 0 Å². The Hall–Kier alpha value is -6.84. The minimum atomic E-state index is 0.435. The first kappa shape index (κ1) is 37.7. The van der Waals surface area contributed by atoms with Crippen molar-refractivity contribution in [2.75, 3.05) is 0 Å². The average molecular weight is 764 g/mol. The van der Waals surface area contributed by atoms with Crippen LogP contribution in [0.15, 0.2) is 186 Å². The first-order valence-electron chi connectivity index (χ1n) is 21.0. The predicted octanol–water partition coefficient (Wildman–Crippen LogP) is 15.3. The monoisotopic (exact) mass is 763 g/mol. The molecule has 1 heterocycles. The van der Waals surface area contributed by atoms with E-state index in [1.165, 1.54) is 60.2 Å². The van der Waals surface area contributed by atoms with Gasteiger partial charge >= 0.3 is 0 Å². The molecule has 288 valence electrons. The molecule has 1 aromatic heterocycles. The summed E-state index contributed by atoms with van der Waals surface area (Å²) < 4.78 is 2.48. The molecule has 0 N–H and O–H groups in total. The number of hydrogen-bond donors (Lipinski definition) is 0. The zero-order valence-electron chi connectivity index (χ0n) is 34.6. The first-order chi connectivity index (χ1) is 28.9. The molecule has 0 aliphatic rings. The van der Waals surface area contributed by atoms with Crippen molar-refractivity contribution in [2.24, 2.45) is 9.98 Å². The summed E-state index contributed by atoms with van der Waals surface area (Å²) in [7, 11) is 0. The number of amidine groups is 1. The van der Waals surface area contributed by atoms with E-state index in [1.807, 2.05) is 12.1 Å². The predicted molar refractivity (Wildman–Crippen MR) is 255 cm³/mol. The van der Waals surface area contributed by atoms with Gasteiger partial charge in [0.05, 0.1) is 22.4 Å². The minimum Gasteiger partial charge on any atom is -0.309 e. The van der Waals surface area contributed by atoms with Crippen molar-refractivity contribution in [2.45, 2.75) is 53.4 Å². The van der Waals surface area contributed by atoms with E-state index in [2.05, 4.69) is 203 Å². The van der Waals surface area contributed by atoms with Crippen LogP contribution in [0.2, 0.25) is 0 Å². The van der Waals surface area contributed by atoms with E-state index in [1.54, 1.807) is 0 Å². The molecule has 3 heteroatoms. The highest BCUT2D eigenvalue weighted by molar-refractivity contribution is 6.16. The Balaban J connectivity index is 1.27. The molecule has 59 heavy (non-hydrogen) atoms. The van der Waals surface area contributed by atoms with E-state index in [0.717, 1.165) is 52.0 Å². The number of rotatable bonds is 9. The number of para-hydroxylation sites is 1. The van der Waals surface area contributed by atoms with E-state index >= 15 is 0 Å². The van der Waals surface area contributed by atoms with Crippen LogP contribution in [-0.2, 0) is 0 Å². The standard InChI is InChI=1S/C56H49N3/c1-6-20-51(41-22-10-8-11-23-41)58-56(42-24-12-9-13-25-42)57-39(5)44-34-43-26-15-16-27-46(43)54(35-44)59-52-30-19-18-29-48(52)50-36-49(38(4)33-53(50)59)55-45(37(3)7-2)32-31-40-21-14-17-28-47(40)55/h8-37H,6-7H2,1-5H3/b51-20+,57-39?,58-56?. The van der Waals surface area contributed by atoms with Crippen molar-refractivity contribution >= 4 is 60.6 Å². The van der Waals surface area contributed by atoms with Gasteiger partial charge in [-0.2, -0.15) is 0 Å².